The van der Waals surface area contributed by atoms with Gasteiger partial charge in [-0.05, 0) is 54.9 Å². The average Bonchev–Trinajstić information content (AvgIpc) is 2.88. The van der Waals surface area contributed by atoms with Crippen molar-refractivity contribution in [2.75, 3.05) is 7.11 Å². The molecule has 37 heavy (non-hydrogen) atoms. The molecule has 2 aromatic carbocycles. The number of rotatable bonds is 15. The minimum atomic E-state index is -1.42. The van der Waals surface area contributed by atoms with Crippen molar-refractivity contribution in [1.82, 2.24) is 10.6 Å². The largest absolute Gasteiger partial charge is 0.497 e. The van der Waals surface area contributed by atoms with Gasteiger partial charge in [0.05, 0.1) is 13.2 Å². The summed E-state index contributed by atoms with van der Waals surface area (Å²) in [6, 6.07) is 12.2. The highest BCUT2D eigenvalue weighted by molar-refractivity contribution is 5.89. The fraction of sp³-hybridized carbons (Fsp3) is 0.483. The molecule has 0 radical (unpaired) electrons. The third-order valence-corrected chi connectivity index (χ3v) is 6.15. The first-order valence-electron chi connectivity index (χ1n) is 12.8. The summed E-state index contributed by atoms with van der Waals surface area (Å²) in [6.45, 7) is 5.66. The van der Waals surface area contributed by atoms with Crippen LogP contribution in [0.15, 0.2) is 48.5 Å². The van der Waals surface area contributed by atoms with E-state index in [2.05, 4.69) is 10.6 Å². The number of hydrogen-bond donors (Lipinski definition) is 3. The Kier molecular flexibility index (Phi) is 12.2. The summed E-state index contributed by atoms with van der Waals surface area (Å²) >= 11 is 0. The Labute approximate surface area is 218 Å². The first kappa shape index (κ1) is 30.0. The van der Waals surface area contributed by atoms with Crippen LogP contribution in [0, 0.1) is 11.7 Å². The minimum absolute atomic E-state index is 0.0220. The van der Waals surface area contributed by atoms with Crippen molar-refractivity contribution in [3.8, 4) is 5.75 Å². The predicted octanol–water partition coefficient (Wildman–Crippen LogP) is 3.76. The van der Waals surface area contributed by atoms with Crippen LogP contribution in [0.4, 0.5) is 4.39 Å². The number of hydrogen-bond acceptors (Lipinski definition) is 5. The van der Waals surface area contributed by atoms with E-state index in [9.17, 15) is 23.9 Å². The Balaban J connectivity index is 1.95. The number of methoxy groups -OCH3 is 1. The molecule has 8 heteroatoms. The van der Waals surface area contributed by atoms with Gasteiger partial charge in [-0.25, -0.2) is 4.39 Å². The highest BCUT2D eigenvalue weighted by Gasteiger charge is 2.29. The molecule has 2 unspecified atom stereocenters. The molecule has 0 aliphatic carbocycles. The molecule has 0 fully saturated rings. The molecule has 0 saturated heterocycles. The number of amides is 2. The highest BCUT2D eigenvalue weighted by Crippen LogP contribution is 2.18. The SMILES string of the molecule is CCC(NC(=O)[C@H](CC(C)C)NC(=O)CCc1ccccc1)C(O)C(=O)CCc1cc(F)cc(OC)c1. The molecular formula is C29H39FN2O5. The molecule has 0 aliphatic rings. The Morgan fingerprint density at radius 1 is 0.973 bits per heavy atom. The predicted molar refractivity (Wildman–Crippen MR) is 141 cm³/mol. The van der Waals surface area contributed by atoms with Crippen molar-refractivity contribution in [3.05, 3.63) is 65.5 Å². The van der Waals surface area contributed by atoms with E-state index < -0.39 is 35.7 Å². The van der Waals surface area contributed by atoms with Crippen LogP contribution < -0.4 is 15.4 Å². The second kappa shape index (κ2) is 15.1. The number of carbonyl (C=O) groups excluding carboxylic acids is 3. The minimum Gasteiger partial charge on any atom is -0.497 e. The van der Waals surface area contributed by atoms with E-state index in [0.29, 0.717) is 30.6 Å². The van der Waals surface area contributed by atoms with Crippen LogP contribution in [0.25, 0.3) is 0 Å². The number of nitrogens with one attached hydrogen (secondary N) is 2. The highest BCUT2D eigenvalue weighted by atomic mass is 19.1. The lowest BCUT2D eigenvalue weighted by Crippen LogP contribution is -2.54. The van der Waals surface area contributed by atoms with Crippen LogP contribution in [0.1, 0.15) is 57.6 Å². The lowest BCUT2D eigenvalue weighted by atomic mass is 9.97. The molecule has 2 amide bonds. The fourth-order valence-corrected chi connectivity index (χ4v) is 4.08. The van der Waals surface area contributed by atoms with E-state index in [1.54, 1.807) is 13.0 Å². The molecule has 7 nitrogen and oxygen atoms in total. The van der Waals surface area contributed by atoms with Gasteiger partial charge in [0, 0.05) is 18.9 Å². The van der Waals surface area contributed by atoms with Gasteiger partial charge < -0.3 is 20.5 Å². The Morgan fingerprint density at radius 2 is 1.65 bits per heavy atom. The molecule has 3 atom stereocenters. The summed E-state index contributed by atoms with van der Waals surface area (Å²) in [7, 11) is 1.43. The van der Waals surface area contributed by atoms with Gasteiger partial charge in [0.25, 0.3) is 0 Å². The van der Waals surface area contributed by atoms with Crippen LogP contribution in [0.2, 0.25) is 0 Å². The maximum Gasteiger partial charge on any atom is 0.242 e. The lowest BCUT2D eigenvalue weighted by Gasteiger charge is -2.26. The van der Waals surface area contributed by atoms with E-state index in [4.69, 9.17) is 4.74 Å². The van der Waals surface area contributed by atoms with Crippen LogP contribution >= 0.6 is 0 Å². The van der Waals surface area contributed by atoms with Crippen molar-refractivity contribution in [2.24, 2.45) is 5.92 Å². The van der Waals surface area contributed by atoms with Crippen molar-refractivity contribution < 1.29 is 28.6 Å². The molecular weight excluding hydrogens is 475 g/mol. The zero-order valence-electron chi connectivity index (χ0n) is 22.1. The van der Waals surface area contributed by atoms with Gasteiger partial charge in [-0.15, -0.1) is 0 Å². The van der Waals surface area contributed by atoms with Gasteiger partial charge >= 0.3 is 0 Å². The first-order valence-corrected chi connectivity index (χ1v) is 12.8. The summed E-state index contributed by atoms with van der Waals surface area (Å²) < 4.78 is 18.8. The van der Waals surface area contributed by atoms with E-state index in [1.165, 1.54) is 19.2 Å². The van der Waals surface area contributed by atoms with Crippen LogP contribution in [0.3, 0.4) is 0 Å². The second-order valence-electron chi connectivity index (χ2n) is 9.67. The smallest absolute Gasteiger partial charge is 0.242 e. The number of carbonyl (C=O) groups is 3. The molecule has 3 N–H and O–H groups in total. The molecule has 0 heterocycles. The third-order valence-electron chi connectivity index (χ3n) is 6.15. The molecule has 0 saturated carbocycles. The van der Waals surface area contributed by atoms with Crippen molar-refractivity contribution in [2.45, 2.75) is 77.5 Å². The summed E-state index contributed by atoms with van der Waals surface area (Å²) in [4.78, 5) is 38.3. The quantitative estimate of drug-likeness (QED) is 0.336. The third kappa shape index (κ3) is 10.3. The van der Waals surface area contributed by atoms with Gasteiger partial charge in [-0.3, -0.25) is 14.4 Å². The number of aryl methyl sites for hydroxylation is 2. The van der Waals surface area contributed by atoms with Gasteiger partial charge in [0.2, 0.25) is 11.8 Å². The number of halogens is 1. The van der Waals surface area contributed by atoms with E-state index >= 15 is 0 Å². The van der Waals surface area contributed by atoms with Crippen molar-refractivity contribution in [3.63, 3.8) is 0 Å². The maximum absolute atomic E-state index is 13.7. The molecule has 0 aliphatic heterocycles. The van der Waals surface area contributed by atoms with Crippen LogP contribution in [-0.4, -0.2) is 48.0 Å². The maximum atomic E-state index is 13.7. The molecule has 0 aromatic heterocycles. The lowest BCUT2D eigenvalue weighted by molar-refractivity contribution is -0.133. The fourth-order valence-electron chi connectivity index (χ4n) is 4.08. The summed E-state index contributed by atoms with van der Waals surface area (Å²) in [6.07, 6.45) is 0.332. The Hall–Kier alpha value is -3.26. The topological polar surface area (TPSA) is 105 Å². The zero-order chi connectivity index (χ0) is 27.4. The molecule has 2 rings (SSSR count). The summed E-state index contributed by atoms with van der Waals surface area (Å²) in [5.41, 5.74) is 1.61. The zero-order valence-corrected chi connectivity index (χ0v) is 22.1. The van der Waals surface area contributed by atoms with Gasteiger partial charge in [-0.2, -0.15) is 0 Å². The monoisotopic (exact) mass is 514 g/mol. The van der Waals surface area contributed by atoms with E-state index in [1.807, 2.05) is 44.2 Å². The number of ketones is 1. The number of benzene rings is 2. The molecule has 0 spiro atoms. The van der Waals surface area contributed by atoms with E-state index in [-0.39, 0.29) is 31.1 Å². The second-order valence-corrected chi connectivity index (χ2v) is 9.67. The first-order chi connectivity index (χ1) is 17.6. The number of aliphatic hydroxyl groups is 1. The van der Waals surface area contributed by atoms with E-state index in [0.717, 1.165) is 5.56 Å². The number of aliphatic hydroxyl groups excluding tert-OH is 1. The standard InChI is InChI=1S/C29H39FN2O5/c1-5-24(28(35)26(33)13-11-21-16-22(30)18-23(17-21)37-4)32-29(36)25(15-19(2)3)31-27(34)14-12-20-9-7-6-8-10-20/h6-10,16-19,24-25,28,35H,5,11-15H2,1-4H3,(H,31,34)(H,32,36)/t24?,25-,28?/m0/s1. The van der Waals surface area contributed by atoms with Crippen LogP contribution in [0.5, 0.6) is 5.75 Å². The van der Waals surface area contributed by atoms with Gasteiger partial charge in [-0.1, -0.05) is 51.1 Å². The molecule has 202 valence electrons. The summed E-state index contributed by atoms with van der Waals surface area (Å²) in [5, 5.41) is 16.2. The number of Topliss-reactive ketones (excluding diaryl/α,β-unsaturated/α-hetero) is 1. The normalized spacial score (nSPS) is 13.5. The van der Waals surface area contributed by atoms with Gasteiger partial charge in [0.15, 0.2) is 5.78 Å². The van der Waals surface area contributed by atoms with Gasteiger partial charge in [0.1, 0.15) is 23.7 Å². The Morgan fingerprint density at radius 3 is 2.27 bits per heavy atom. The molecule has 0 bridgehead atoms. The van der Waals surface area contributed by atoms with Crippen LogP contribution in [-0.2, 0) is 27.2 Å². The van der Waals surface area contributed by atoms with Crippen molar-refractivity contribution >= 4 is 17.6 Å². The summed E-state index contributed by atoms with van der Waals surface area (Å²) in [5.74, 6) is -1.11. The Bertz CT molecular complexity index is 1030. The number of ether oxygens (including phenoxy) is 1. The van der Waals surface area contributed by atoms with Crippen molar-refractivity contribution in [1.29, 1.82) is 0 Å². The average molecular weight is 515 g/mol. The molecule has 2 aromatic rings.